The van der Waals surface area contributed by atoms with Gasteiger partial charge in [-0.25, -0.2) is 0 Å². The third kappa shape index (κ3) is 30.9. The van der Waals surface area contributed by atoms with E-state index in [9.17, 15) is 45.3 Å². The number of esters is 2. The minimum Gasteiger partial charge on any atom is -0.462 e. The van der Waals surface area contributed by atoms with E-state index in [1.807, 2.05) is 0 Å². The molecular formula is C57H102O15. The van der Waals surface area contributed by atoms with Crippen LogP contribution in [-0.4, -0.2) is 142 Å². The van der Waals surface area contributed by atoms with Crippen LogP contribution in [0.2, 0.25) is 0 Å². The Kier molecular flexibility index (Phi) is 40.1. The van der Waals surface area contributed by atoms with Crippen LogP contribution in [0.1, 0.15) is 219 Å². The summed E-state index contributed by atoms with van der Waals surface area (Å²) in [5, 5.41) is 72.2. The largest absolute Gasteiger partial charge is 0.462 e. The van der Waals surface area contributed by atoms with Gasteiger partial charge in [0.1, 0.15) is 55.4 Å². The lowest BCUT2D eigenvalue weighted by molar-refractivity contribution is -0.332. The fourth-order valence-corrected chi connectivity index (χ4v) is 8.88. The molecule has 11 atom stereocenters. The lowest BCUT2D eigenvalue weighted by atomic mass is 9.98. The van der Waals surface area contributed by atoms with Gasteiger partial charge in [0.05, 0.1) is 19.8 Å². The molecule has 2 rings (SSSR count). The molecule has 7 N–H and O–H groups in total. The van der Waals surface area contributed by atoms with Crippen molar-refractivity contribution in [1.82, 2.24) is 0 Å². The van der Waals surface area contributed by atoms with Gasteiger partial charge in [0.2, 0.25) is 0 Å². The zero-order valence-electron chi connectivity index (χ0n) is 44.7. The molecule has 0 bridgehead atoms. The number of hydrogen-bond acceptors (Lipinski definition) is 15. The number of carbonyl (C=O) groups excluding carboxylic acids is 2. The minimum absolute atomic E-state index is 0.147. The van der Waals surface area contributed by atoms with E-state index in [0.29, 0.717) is 19.3 Å². The number of hydrogen-bond donors (Lipinski definition) is 7. The van der Waals surface area contributed by atoms with Crippen molar-refractivity contribution in [2.24, 2.45) is 0 Å². The maximum absolute atomic E-state index is 13.0. The lowest BCUT2D eigenvalue weighted by Gasteiger charge is -2.42. The van der Waals surface area contributed by atoms with Gasteiger partial charge in [-0.3, -0.25) is 9.59 Å². The van der Waals surface area contributed by atoms with Crippen molar-refractivity contribution in [3.63, 3.8) is 0 Å². The SMILES string of the molecule is CCCCCC/C=C/CCCCCCCC(=O)O[C@@H](COC(=O)CCC/C=C/CC/C=C/CCCCCCCCCCCCCCCC)CO[C@@H]1O[C@H](CO[C@@H]2O[C@H](CO)[C@H](O)C(O)C2O)[C@H](O)C(O)C1O. The van der Waals surface area contributed by atoms with Gasteiger partial charge in [0.25, 0.3) is 0 Å². The summed E-state index contributed by atoms with van der Waals surface area (Å²) in [6.07, 6.45) is 31.9. The molecule has 0 radical (unpaired) electrons. The van der Waals surface area contributed by atoms with Gasteiger partial charge in [0, 0.05) is 12.8 Å². The highest BCUT2D eigenvalue weighted by Crippen LogP contribution is 2.27. The molecule has 420 valence electrons. The van der Waals surface area contributed by atoms with Gasteiger partial charge < -0.3 is 64.2 Å². The number of ether oxygens (including phenoxy) is 6. The van der Waals surface area contributed by atoms with Crippen LogP contribution < -0.4 is 0 Å². The molecule has 2 aliphatic heterocycles. The Hall–Kier alpha value is -2.28. The Labute approximate surface area is 434 Å². The topological polar surface area (TPSA) is 231 Å². The standard InChI is InChI=1S/C57H102O15/c1-3-5-7-9-11-13-15-17-18-19-20-21-22-23-24-25-26-28-29-31-33-35-37-39-48(59)67-42-45(70-49(60)40-38-36-34-32-30-27-16-14-12-10-8-6-4-2)43-68-56-55(66)53(64)51(62)47(72-56)44-69-57-54(65)52(63)50(61)46(41-58)71-57/h14,16,25-26,31,33,45-47,50-58,61-66H,3-13,15,17-24,27-30,32,34-44H2,1-2H3/b16-14+,26-25+,33-31+/t45-,46+,47+,50-,51-,52?,53?,54?,55?,56+,57+/m0/s1. The molecule has 72 heavy (non-hydrogen) atoms. The molecule has 0 aromatic rings. The van der Waals surface area contributed by atoms with Gasteiger partial charge in [-0.2, -0.15) is 0 Å². The van der Waals surface area contributed by atoms with E-state index in [2.05, 4.69) is 50.3 Å². The number of aliphatic hydroxyl groups excluding tert-OH is 7. The molecule has 2 fully saturated rings. The first-order valence-corrected chi connectivity index (χ1v) is 28.6. The third-order valence-corrected chi connectivity index (χ3v) is 13.6. The van der Waals surface area contributed by atoms with Gasteiger partial charge in [-0.05, 0) is 70.6 Å². The van der Waals surface area contributed by atoms with E-state index >= 15 is 0 Å². The predicted molar refractivity (Wildman–Crippen MR) is 280 cm³/mol. The molecule has 0 aliphatic carbocycles. The Bertz CT molecular complexity index is 1390. The minimum atomic E-state index is -1.77. The Morgan fingerprint density at radius 2 is 0.819 bits per heavy atom. The van der Waals surface area contributed by atoms with Crippen molar-refractivity contribution in [2.45, 2.75) is 287 Å². The molecule has 0 aromatic heterocycles. The van der Waals surface area contributed by atoms with Crippen LogP contribution in [0.15, 0.2) is 36.5 Å². The van der Waals surface area contributed by atoms with E-state index in [0.717, 1.165) is 57.8 Å². The van der Waals surface area contributed by atoms with E-state index in [-0.39, 0.29) is 19.4 Å². The Morgan fingerprint density at radius 3 is 1.32 bits per heavy atom. The highest BCUT2D eigenvalue weighted by molar-refractivity contribution is 5.70. The Balaban J connectivity index is 1.75. The lowest BCUT2D eigenvalue weighted by Crippen LogP contribution is -2.61. The summed E-state index contributed by atoms with van der Waals surface area (Å²) in [4.78, 5) is 25.8. The molecule has 4 unspecified atom stereocenters. The van der Waals surface area contributed by atoms with Crippen molar-refractivity contribution in [3.05, 3.63) is 36.5 Å². The molecule has 0 amide bonds. The fourth-order valence-electron chi connectivity index (χ4n) is 8.88. The zero-order valence-corrected chi connectivity index (χ0v) is 44.7. The zero-order chi connectivity index (χ0) is 52.4. The Morgan fingerprint density at radius 1 is 0.431 bits per heavy atom. The van der Waals surface area contributed by atoms with Crippen molar-refractivity contribution in [1.29, 1.82) is 0 Å². The second-order valence-corrected chi connectivity index (χ2v) is 20.1. The molecule has 2 saturated heterocycles. The highest BCUT2D eigenvalue weighted by atomic mass is 16.7. The summed E-state index contributed by atoms with van der Waals surface area (Å²) in [5.41, 5.74) is 0. The first-order chi connectivity index (χ1) is 35.0. The molecule has 0 spiro atoms. The molecule has 15 heteroatoms. The fraction of sp³-hybridized carbons (Fsp3) is 0.860. The molecule has 2 heterocycles. The quantitative estimate of drug-likeness (QED) is 0.0171. The number of aliphatic hydroxyl groups is 7. The first-order valence-electron chi connectivity index (χ1n) is 28.6. The molecular weight excluding hydrogens is 925 g/mol. The number of allylic oxidation sites excluding steroid dienone is 6. The first kappa shape index (κ1) is 65.8. The summed E-state index contributed by atoms with van der Waals surface area (Å²) < 4.78 is 33.6. The molecule has 15 nitrogen and oxygen atoms in total. The van der Waals surface area contributed by atoms with E-state index in [4.69, 9.17) is 28.4 Å². The highest BCUT2D eigenvalue weighted by Gasteiger charge is 2.47. The molecule has 0 saturated carbocycles. The van der Waals surface area contributed by atoms with Crippen molar-refractivity contribution in [2.75, 3.05) is 26.4 Å². The average Bonchev–Trinajstić information content (AvgIpc) is 3.37. The molecule has 0 aromatic carbocycles. The van der Waals surface area contributed by atoms with Crippen LogP contribution in [0.25, 0.3) is 0 Å². The van der Waals surface area contributed by atoms with Gasteiger partial charge in [-0.15, -0.1) is 0 Å². The van der Waals surface area contributed by atoms with Gasteiger partial charge in [0.15, 0.2) is 18.7 Å². The van der Waals surface area contributed by atoms with Crippen LogP contribution in [0.5, 0.6) is 0 Å². The van der Waals surface area contributed by atoms with E-state index in [1.54, 1.807) is 0 Å². The normalized spacial score (nSPS) is 25.2. The van der Waals surface area contributed by atoms with E-state index in [1.165, 1.54) is 116 Å². The number of rotatable bonds is 45. The maximum atomic E-state index is 13.0. The van der Waals surface area contributed by atoms with Crippen LogP contribution in [0.4, 0.5) is 0 Å². The van der Waals surface area contributed by atoms with Crippen molar-refractivity contribution < 1.29 is 73.8 Å². The average molecular weight is 1030 g/mol. The summed E-state index contributed by atoms with van der Waals surface area (Å²) >= 11 is 0. The summed E-state index contributed by atoms with van der Waals surface area (Å²) in [7, 11) is 0. The third-order valence-electron chi connectivity index (χ3n) is 13.6. The van der Waals surface area contributed by atoms with Gasteiger partial charge >= 0.3 is 11.9 Å². The van der Waals surface area contributed by atoms with Crippen LogP contribution in [0.3, 0.4) is 0 Å². The maximum Gasteiger partial charge on any atom is 0.306 e. The van der Waals surface area contributed by atoms with Crippen molar-refractivity contribution >= 4 is 11.9 Å². The monoisotopic (exact) mass is 1030 g/mol. The van der Waals surface area contributed by atoms with Crippen LogP contribution in [-0.2, 0) is 38.0 Å². The summed E-state index contributed by atoms with van der Waals surface area (Å²) in [6.45, 7) is 2.55. The van der Waals surface area contributed by atoms with Gasteiger partial charge in [-0.1, -0.05) is 172 Å². The summed E-state index contributed by atoms with van der Waals surface area (Å²) in [6, 6.07) is 0. The second kappa shape index (κ2) is 43.9. The smallest absolute Gasteiger partial charge is 0.306 e. The number of carbonyl (C=O) groups is 2. The van der Waals surface area contributed by atoms with Crippen LogP contribution in [0, 0.1) is 0 Å². The number of unbranched alkanes of at least 4 members (excludes halogenated alkanes) is 25. The summed E-state index contributed by atoms with van der Waals surface area (Å²) in [5.74, 6) is -0.980. The van der Waals surface area contributed by atoms with Crippen molar-refractivity contribution in [3.8, 4) is 0 Å². The van der Waals surface area contributed by atoms with E-state index < -0.39 is 99.3 Å². The van der Waals surface area contributed by atoms with Crippen LogP contribution >= 0.6 is 0 Å². The molecule has 2 aliphatic rings. The predicted octanol–water partition coefficient (Wildman–Crippen LogP) is 9.27. The second-order valence-electron chi connectivity index (χ2n) is 20.1.